The van der Waals surface area contributed by atoms with Gasteiger partial charge in [0.05, 0.1) is 11.5 Å². The van der Waals surface area contributed by atoms with Gasteiger partial charge in [-0.2, -0.15) is 0 Å². The first-order valence-electron chi connectivity index (χ1n) is 7.57. The third-order valence-corrected chi connectivity index (χ3v) is 3.79. The zero-order valence-corrected chi connectivity index (χ0v) is 13.4. The van der Waals surface area contributed by atoms with Crippen molar-refractivity contribution in [1.82, 2.24) is 10.2 Å². The van der Waals surface area contributed by atoms with Gasteiger partial charge in [-0.1, -0.05) is 0 Å². The summed E-state index contributed by atoms with van der Waals surface area (Å²) < 4.78 is 10.8. The van der Waals surface area contributed by atoms with E-state index in [1.54, 1.807) is 4.90 Å². The van der Waals surface area contributed by atoms with Crippen LogP contribution in [-0.2, 0) is 14.3 Å². The molecule has 0 saturated carbocycles. The fraction of sp³-hybridized carbons (Fsp3) is 0.867. The zero-order valence-electron chi connectivity index (χ0n) is 13.4. The molecule has 6 heteroatoms. The third-order valence-electron chi connectivity index (χ3n) is 3.79. The maximum absolute atomic E-state index is 12.2. The van der Waals surface area contributed by atoms with Crippen LogP contribution in [0.25, 0.3) is 0 Å². The standard InChI is InChI=1S/C15H26N2O4/c1-14(2,3)21-13(19)17-9-15(4,10-17)12(18)16-8-11-6-5-7-20-11/h11H,5-10H2,1-4H3,(H,16,18). The molecule has 0 aromatic heterocycles. The predicted octanol–water partition coefficient (Wildman–Crippen LogP) is 1.54. The highest BCUT2D eigenvalue weighted by atomic mass is 16.6. The molecule has 2 aliphatic heterocycles. The van der Waals surface area contributed by atoms with Crippen LogP contribution in [0.4, 0.5) is 4.79 Å². The number of amides is 2. The lowest BCUT2D eigenvalue weighted by Crippen LogP contribution is -2.64. The lowest BCUT2D eigenvalue weighted by atomic mass is 9.81. The molecule has 0 aromatic carbocycles. The maximum atomic E-state index is 12.2. The minimum Gasteiger partial charge on any atom is -0.444 e. The fourth-order valence-electron chi connectivity index (χ4n) is 2.62. The van der Waals surface area contributed by atoms with Crippen LogP contribution in [0, 0.1) is 5.41 Å². The van der Waals surface area contributed by atoms with Crippen molar-refractivity contribution in [2.75, 3.05) is 26.2 Å². The molecule has 2 rings (SSSR count). The van der Waals surface area contributed by atoms with E-state index in [2.05, 4.69) is 5.32 Å². The van der Waals surface area contributed by atoms with E-state index in [4.69, 9.17) is 9.47 Å². The van der Waals surface area contributed by atoms with E-state index in [1.165, 1.54) is 0 Å². The Kier molecular flexibility index (Phi) is 4.46. The van der Waals surface area contributed by atoms with Crippen LogP contribution >= 0.6 is 0 Å². The van der Waals surface area contributed by atoms with Gasteiger partial charge in [0.15, 0.2) is 0 Å². The van der Waals surface area contributed by atoms with Crippen molar-refractivity contribution >= 4 is 12.0 Å². The molecule has 21 heavy (non-hydrogen) atoms. The van der Waals surface area contributed by atoms with Gasteiger partial charge < -0.3 is 19.7 Å². The van der Waals surface area contributed by atoms with Crippen LogP contribution in [0.5, 0.6) is 0 Å². The highest BCUT2D eigenvalue weighted by Gasteiger charge is 2.48. The Morgan fingerprint density at radius 2 is 2.05 bits per heavy atom. The van der Waals surface area contributed by atoms with Crippen molar-refractivity contribution < 1.29 is 19.1 Å². The Balaban J connectivity index is 1.74. The van der Waals surface area contributed by atoms with Crippen LogP contribution in [-0.4, -0.2) is 54.8 Å². The van der Waals surface area contributed by atoms with Gasteiger partial charge in [0.2, 0.25) is 5.91 Å². The quantitative estimate of drug-likeness (QED) is 0.858. The van der Waals surface area contributed by atoms with Gasteiger partial charge >= 0.3 is 6.09 Å². The predicted molar refractivity (Wildman–Crippen MR) is 77.9 cm³/mol. The summed E-state index contributed by atoms with van der Waals surface area (Å²) in [4.78, 5) is 25.6. The number of likely N-dealkylation sites (tertiary alicyclic amines) is 1. The Morgan fingerprint density at radius 3 is 2.57 bits per heavy atom. The largest absolute Gasteiger partial charge is 0.444 e. The zero-order chi connectivity index (χ0) is 15.7. The molecular weight excluding hydrogens is 272 g/mol. The van der Waals surface area contributed by atoms with Crippen LogP contribution in [0.1, 0.15) is 40.5 Å². The van der Waals surface area contributed by atoms with E-state index in [1.807, 2.05) is 27.7 Å². The summed E-state index contributed by atoms with van der Waals surface area (Å²) in [5.41, 5.74) is -1.03. The first-order valence-corrected chi connectivity index (χ1v) is 7.57. The normalized spacial score (nSPS) is 24.4. The number of carbonyl (C=O) groups excluding carboxylic acids is 2. The van der Waals surface area contributed by atoms with Gasteiger partial charge in [0.25, 0.3) is 0 Å². The summed E-state index contributed by atoms with van der Waals surface area (Å²) in [5.74, 6) is -0.0159. The molecular formula is C15H26N2O4. The molecule has 0 radical (unpaired) electrons. The number of hydrogen-bond donors (Lipinski definition) is 1. The number of ether oxygens (including phenoxy) is 2. The fourth-order valence-corrected chi connectivity index (χ4v) is 2.62. The number of hydrogen-bond acceptors (Lipinski definition) is 4. The van der Waals surface area contributed by atoms with Gasteiger partial charge in [-0.3, -0.25) is 4.79 Å². The highest BCUT2D eigenvalue weighted by Crippen LogP contribution is 2.31. The maximum Gasteiger partial charge on any atom is 0.410 e. The van der Waals surface area contributed by atoms with Crippen molar-refractivity contribution in [2.24, 2.45) is 5.41 Å². The molecule has 2 saturated heterocycles. The number of carbonyl (C=O) groups is 2. The lowest BCUT2D eigenvalue weighted by molar-refractivity contribution is -0.139. The van der Waals surface area contributed by atoms with E-state index in [9.17, 15) is 9.59 Å². The van der Waals surface area contributed by atoms with Crippen molar-refractivity contribution in [3.8, 4) is 0 Å². The minimum absolute atomic E-state index is 0.0159. The van der Waals surface area contributed by atoms with E-state index in [-0.39, 0.29) is 18.1 Å². The summed E-state index contributed by atoms with van der Waals surface area (Å²) >= 11 is 0. The summed E-state index contributed by atoms with van der Waals surface area (Å²) in [6.07, 6.45) is 1.84. The lowest BCUT2D eigenvalue weighted by Gasteiger charge is -2.46. The van der Waals surface area contributed by atoms with E-state index in [0.29, 0.717) is 19.6 Å². The summed E-state index contributed by atoms with van der Waals surface area (Å²) in [6.45, 7) is 9.51. The Bertz CT molecular complexity index is 404. The van der Waals surface area contributed by atoms with Gasteiger partial charge in [-0.15, -0.1) is 0 Å². The summed E-state index contributed by atoms with van der Waals surface area (Å²) in [6, 6.07) is 0. The molecule has 2 heterocycles. The average Bonchev–Trinajstić information content (AvgIpc) is 2.82. The Hall–Kier alpha value is -1.30. The average molecular weight is 298 g/mol. The molecule has 1 N–H and O–H groups in total. The second kappa shape index (κ2) is 5.83. The molecule has 0 aliphatic carbocycles. The second-order valence-electron chi connectivity index (χ2n) is 7.24. The van der Waals surface area contributed by atoms with Crippen molar-refractivity contribution in [3.63, 3.8) is 0 Å². The number of rotatable bonds is 3. The highest BCUT2D eigenvalue weighted by molar-refractivity contribution is 5.86. The molecule has 2 amide bonds. The Morgan fingerprint density at radius 1 is 1.38 bits per heavy atom. The van der Waals surface area contributed by atoms with Gasteiger partial charge in [0, 0.05) is 26.2 Å². The van der Waals surface area contributed by atoms with Crippen molar-refractivity contribution in [2.45, 2.75) is 52.2 Å². The molecule has 2 aliphatic rings. The summed E-state index contributed by atoms with van der Waals surface area (Å²) in [5, 5.41) is 2.93. The SMILES string of the molecule is CC(C)(C)OC(=O)N1CC(C)(C(=O)NCC2CCCO2)C1. The monoisotopic (exact) mass is 298 g/mol. The van der Waals surface area contributed by atoms with Crippen molar-refractivity contribution in [3.05, 3.63) is 0 Å². The first-order chi connectivity index (χ1) is 9.70. The van der Waals surface area contributed by atoms with Gasteiger partial charge in [-0.05, 0) is 40.5 Å². The molecule has 1 unspecified atom stereocenters. The van der Waals surface area contributed by atoms with E-state index >= 15 is 0 Å². The topological polar surface area (TPSA) is 67.9 Å². The van der Waals surface area contributed by atoms with Crippen LogP contribution in [0.15, 0.2) is 0 Å². The number of nitrogens with zero attached hydrogens (tertiary/aromatic N) is 1. The van der Waals surface area contributed by atoms with Crippen LogP contribution < -0.4 is 5.32 Å². The van der Waals surface area contributed by atoms with E-state index < -0.39 is 11.0 Å². The van der Waals surface area contributed by atoms with Crippen LogP contribution in [0.3, 0.4) is 0 Å². The smallest absolute Gasteiger partial charge is 0.410 e. The molecule has 2 fully saturated rings. The van der Waals surface area contributed by atoms with Crippen LogP contribution in [0.2, 0.25) is 0 Å². The molecule has 6 nitrogen and oxygen atoms in total. The molecule has 120 valence electrons. The molecule has 1 atom stereocenters. The first kappa shape index (κ1) is 16.1. The molecule has 0 aromatic rings. The van der Waals surface area contributed by atoms with Gasteiger partial charge in [-0.25, -0.2) is 4.79 Å². The van der Waals surface area contributed by atoms with Gasteiger partial charge in [0.1, 0.15) is 5.60 Å². The van der Waals surface area contributed by atoms with E-state index in [0.717, 1.165) is 19.4 Å². The number of nitrogens with one attached hydrogen (secondary N) is 1. The minimum atomic E-state index is -0.518. The van der Waals surface area contributed by atoms with Crippen molar-refractivity contribution in [1.29, 1.82) is 0 Å². The second-order valence-corrected chi connectivity index (χ2v) is 7.24. The molecule has 0 bridgehead atoms. The Labute approximate surface area is 126 Å². The summed E-state index contributed by atoms with van der Waals surface area (Å²) in [7, 11) is 0. The molecule has 0 spiro atoms. The third kappa shape index (κ3) is 4.09.